The highest BCUT2D eigenvalue weighted by molar-refractivity contribution is 7.65. The molecule has 1 aromatic rings. The van der Waals surface area contributed by atoms with Crippen LogP contribution in [0.1, 0.15) is 19.8 Å². The molecule has 0 spiro atoms. The zero-order chi connectivity index (χ0) is 19.9. The second-order valence-corrected chi connectivity index (χ2v) is 8.39. The molecule has 0 fully saturated rings. The third kappa shape index (κ3) is 6.36. The van der Waals surface area contributed by atoms with Gasteiger partial charge in [0.05, 0.1) is 6.67 Å². The SMILES string of the molecule is CCP(CC(F)C(F)C(F)C(F)C(F)CCCF)c1ccc(F)cc1F. The van der Waals surface area contributed by atoms with E-state index in [9.17, 15) is 35.1 Å². The van der Waals surface area contributed by atoms with Crippen molar-refractivity contribution in [2.24, 2.45) is 0 Å². The molecule has 0 bridgehead atoms. The molecule has 0 aliphatic rings. The summed E-state index contributed by atoms with van der Waals surface area (Å²) < 4.78 is 107. The van der Waals surface area contributed by atoms with E-state index in [0.717, 1.165) is 12.1 Å². The maximum Gasteiger partial charge on any atom is 0.168 e. The average Bonchev–Trinajstić information content (AvgIpc) is 2.62. The second-order valence-electron chi connectivity index (χ2n) is 5.83. The third-order valence-electron chi connectivity index (χ3n) is 3.94. The molecule has 0 saturated carbocycles. The van der Waals surface area contributed by atoms with Gasteiger partial charge in [-0.05, 0) is 31.1 Å². The standard InChI is InChI=1S/C17H21F8P/c1-2-26(14-6-5-10(19)8-12(14)21)9-13(22)16(24)17(25)15(23)11(20)4-3-7-18/h5-6,8,11,13,15-17H,2-4,7,9H2,1H3. The molecule has 0 aliphatic carbocycles. The molecule has 150 valence electrons. The van der Waals surface area contributed by atoms with Crippen molar-refractivity contribution in [1.29, 1.82) is 0 Å². The fraction of sp³-hybridized carbons (Fsp3) is 0.647. The molecule has 0 saturated heterocycles. The van der Waals surface area contributed by atoms with Crippen LogP contribution >= 0.6 is 7.92 Å². The van der Waals surface area contributed by atoms with Crippen LogP contribution in [-0.2, 0) is 0 Å². The molecule has 9 heteroatoms. The summed E-state index contributed by atoms with van der Waals surface area (Å²) in [5.74, 6) is -1.75. The predicted octanol–water partition coefficient (Wildman–Crippen LogP) is 5.53. The average molecular weight is 408 g/mol. The lowest BCUT2D eigenvalue weighted by molar-refractivity contribution is 0.00363. The van der Waals surface area contributed by atoms with E-state index in [1.54, 1.807) is 6.92 Å². The summed E-state index contributed by atoms with van der Waals surface area (Å²) in [6.45, 7) is 0.646. The summed E-state index contributed by atoms with van der Waals surface area (Å²) in [6.07, 6.45) is -15.2. The molecule has 0 heterocycles. The smallest absolute Gasteiger partial charge is 0.168 e. The topological polar surface area (TPSA) is 0 Å². The first kappa shape index (κ1) is 23.1. The number of rotatable bonds is 11. The van der Waals surface area contributed by atoms with E-state index in [1.165, 1.54) is 0 Å². The minimum absolute atomic E-state index is 0.00253. The van der Waals surface area contributed by atoms with Crippen molar-refractivity contribution < 1.29 is 35.1 Å². The molecule has 6 unspecified atom stereocenters. The normalized spacial score (nSPS) is 18.8. The molecular weight excluding hydrogens is 387 g/mol. The van der Waals surface area contributed by atoms with Crippen molar-refractivity contribution in [3.63, 3.8) is 0 Å². The lowest BCUT2D eigenvalue weighted by Crippen LogP contribution is -2.41. The van der Waals surface area contributed by atoms with E-state index in [4.69, 9.17) is 0 Å². The van der Waals surface area contributed by atoms with Crippen LogP contribution in [0.25, 0.3) is 0 Å². The summed E-state index contributed by atoms with van der Waals surface area (Å²) in [5, 5.41) is -0.00253. The molecule has 0 aliphatic heterocycles. The highest BCUT2D eigenvalue weighted by Gasteiger charge is 2.40. The van der Waals surface area contributed by atoms with Gasteiger partial charge in [0, 0.05) is 17.5 Å². The maximum atomic E-state index is 14.1. The number of benzene rings is 1. The van der Waals surface area contributed by atoms with E-state index in [2.05, 4.69) is 0 Å². The van der Waals surface area contributed by atoms with Crippen LogP contribution in [0.5, 0.6) is 0 Å². The van der Waals surface area contributed by atoms with Gasteiger partial charge >= 0.3 is 0 Å². The molecule has 0 radical (unpaired) electrons. The van der Waals surface area contributed by atoms with Crippen LogP contribution in [-0.4, -0.2) is 49.9 Å². The third-order valence-corrected chi connectivity index (χ3v) is 6.54. The van der Waals surface area contributed by atoms with Gasteiger partial charge in [0.15, 0.2) is 18.5 Å². The van der Waals surface area contributed by atoms with Gasteiger partial charge in [-0.1, -0.05) is 14.8 Å². The van der Waals surface area contributed by atoms with Crippen LogP contribution in [0, 0.1) is 11.6 Å². The number of hydrogen-bond donors (Lipinski definition) is 0. The Balaban J connectivity index is 2.75. The summed E-state index contributed by atoms with van der Waals surface area (Å²) in [5.41, 5.74) is 0. The molecule has 0 nitrogen and oxygen atoms in total. The van der Waals surface area contributed by atoms with E-state index >= 15 is 0 Å². The van der Waals surface area contributed by atoms with E-state index in [0.29, 0.717) is 6.07 Å². The Kier molecular flexibility index (Phi) is 9.83. The first-order valence-electron chi connectivity index (χ1n) is 8.19. The van der Waals surface area contributed by atoms with Crippen LogP contribution in [0.3, 0.4) is 0 Å². The largest absolute Gasteiger partial charge is 0.251 e. The van der Waals surface area contributed by atoms with Crippen molar-refractivity contribution in [2.75, 3.05) is 19.0 Å². The Bertz CT molecular complexity index is 543. The van der Waals surface area contributed by atoms with Crippen LogP contribution in [0.4, 0.5) is 35.1 Å². The number of alkyl halides is 6. The Labute approximate surface area is 148 Å². The summed E-state index contributed by atoms with van der Waals surface area (Å²) in [4.78, 5) is 0. The highest BCUT2D eigenvalue weighted by atomic mass is 31.1. The molecule has 0 aromatic heterocycles. The Hall–Kier alpha value is -0.910. The van der Waals surface area contributed by atoms with Crippen molar-refractivity contribution in [3.8, 4) is 0 Å². The van der Waals surface area contributed by atoms with Gasteiger partial charge in [0.2, 0.25) is 0 Å². The molecular formula is C17H21F8P. The fourth-order valence-electron chi connectivity index (χ4n) is 2.45. The molecule has 1 aromatic carbocycles. The Morgan fingerprint density at radius 3 is 2.08 bits per heavy atom. The van der Waals surface area contributed by atoms with E-state index in [1.807, 2.05) is 0 Å². The molecule has 6 atom stereocenters. The minimum atomic E-state index is -3.05. The predicted molar refractivity (Wildman–Crippen MR) is 88.0 cm³/mol. The van der Waals surface area contributed by atoms with Gasteiger partial charge in [-0.15, -0.1) is 0 Å². The van der Waals surface area contributed by atoms with Gasteiger partial charge in [0.1, 0.15) is 24.0 Å². The summed E-state index contributed by atoms with van der Waals surface area (Å²) >= 11 is 0. The van der Waals surface area contributed by atoms with Gasteiger partial charge < -0.3 is 0 Å². The lowest BCUT2D eigenvalue weighted by atomic mass is 10.0. The van der Waals surface area contributed by atoms with Crippen molar-refractivity contribution in [3.05, 3.63) is 29.8 Å². The number of hydrogen-bond acceptors (Lipinski definition) is 0. The monoisotopic (exact) mass is 408 g/mol. The van der Waals surface area contributed by atoms with Gasteiger partial charge in [-0.3, -0.25) is 4.39 Å². The summed E-state index contributed by atoms with van der Waals surface area (Å²) in [7, 11) is -1.62. The van der Waals surface area contributed by atoms with Crippen molar-refractivity contribution >= 4 is 13.2 Å². The van der Waals surface area contributed by atoms with Gasteiger partial charge in [-0.25, -0.2) is 30.7 Å². The lowest BCUT2D eigenvalue weighted by Gasteiger charge is -2.25. The van der Waals surface area contributed by atoms with Gasteiger partial charge in [-0.2, -0.15) is 0 Å². The van der Waals surface area contributed by atoms with Crippen LogP contribution < -0.4 is 5.30 Å². The van der Waals surface area contributed by atoms with Crippen molar-refractivity contribution in [1.82, 2.24) is 0 Å². The van der Waals surface area contributed by atoms with Crippen molar-refractivity contribution in [2.45, 2.75) is 50.6 Å². The van der Waals surface area contributed by atoms with E-state index < -0.39 is 69.7 Å². The molecule has 0 amide bonds. The Morgan fingerprint density at radius 2 is 1.54 bits per heavy atom. The maximum absolute atomic E-state index is 14.1. The quantitative estimate of drug-likeness (QED) is 0.334. The zero-order valence-corrected chi connectivity index (χ0v) is 15.0. The minimum Gasteiger partial charge on any atom is -0.251 e. The second kappa shape index (κ2) is 11.1. The van der Waals surface area contributed by atoms with E-state index in [-0.39, 0.29) is 17.9 Å². The fourth-order valence-corrected chi connectivity index (χ4v) is 4.52. The van der Waals surface area contributed by atoms with Gasteiger partial charge in [0.25, 0.3) is 0 Å². The molecule has 26 heavy (non-hydrogen) atoms. The molecule has 1 rings (SSSR count). The zero-order valence-electron chi connectivity index (χ0n) is 14.1. The Morgan fingerprint density at radius 1 is 0.923 bits per heavy atom. The highest BCUT2D eigenvalue weighted by Crippen LogP contribution is 2.38. The number of halogens is 8. The molecule has 0 N–H and O–H groups in total. The first-order valence-corrected chi connectivity index (χ1v) is 9.90. The first-order chi connectivity index (χ1) is 12.2. The van der Waals surface area contributed by atoms with Crippen LogP contribution in [0.15, 0.2) is 18.2 Å². The summed E-state index contributed by atoms with van der Waals surface area (Å²) in [6, 6.07) is 2.69. The van der Waals surface area contributed by atoms with Crippen LogP contribution in [0.2, 0.25) is 0 Å².